The van der Waals surface area contributed by atoms with Gasteiger partial charge in [-0.1, -0.05) is 38.8 Å². The van der Waals surface area contributed by atoms with Gasteiger partial charge in [0.1, 0.15) is 5.75 Å². The van der Waals surface area contributed by atoms with Gasteiger partial charge in [0.05, 0.1) is 5.56 Å². The molecule has 0 fully saturated rings. The van der Waals surface area contributed by atoms with Gasteiger partial charge < -0.3 is 15.4 Å². The maximum Gasteiger partial charge on any atom is 0.343 e. The molecule has 154 valence electrons. The largest absolute Gasteiger partial charge is 0.423 e. The molecule has 0 aliphatic rings. The van der Waals surface area contributed by atoms with Crippen molar-refractivity contribution < 1.29 is 9.53 Å². The minimum atomic E-state index is -0.368. The van der Waals surface area contributed by atoms with Gasteiger partial charge in [-0.2, -0.15) is 0 Å². The van der Waals surface area contributed by atoms with E-state index >= 15 is 0 Å². The van der Waals surface area contributed by atoms with Gasteiger partial charge in [0.15, 0.2) is 0 Å². The first-order chi connectivity index (χ1) is 13.1. The summed E-state index contributed by atoms with van der Waals surface area (Å²) in [5.74, 6) is 0.197. The van der Waals surface area contributed by atoms with Gasteiger partial charge in [0, 0.05) is 12.2 Å². The van der Waals surface area contributed by atoms with Gasteiger partial charge in [-0.15, -0.1) is 12.4 Å². The Morgan fingerprint density at radius 1 is 0.893 bits per heavy atom. The second-order valence-electron chi connectivity index (χ2n) is 6.95. The smallest absolute Gasteiger partial charge is 0.343 e. The molecule has 0 amide bonds. The first kappa shape index (κ1) is 24.0. The fourth-order valence-corrected chi connectivity index (χ4v) is 2.90. The predicted molar refractivity (Wildman–Crippen MR) is 119 cm³/mol. The second kappa shape index (κ2) is 13.2. The van der Waals surface area contributed by atoms with Crippen molar-refractivity contribution in [3.8, 4) is 5.75 Å². The van der Waals surface area contributed by atoms with Crippen molar-refractivity contribution >= 4 is 24.1 Å². The summed E-state index contributed by atoms with van der Waals surface area (Å²) in [6.45, 7) is 7.90. The molecule has 5 heteroatoms. The first-order valence-electron chi connectivity index (χ1n) is 10.0. The molecule has 2 rings (SSSR count). The normalized spacial score (nSPS) is 10.5. The van der Waals surface area contributed by atoms with E-state index in [1.165, 1.54) is 44.3 Å². The standard InChI is InChI=1S/C23H32N2O2.ClH/c1-3-5-16-25(17-6-4-2)18-15-19-7-13-22(14-8-19)27-23(26)20-9-11-21(24)12-10-20;/h7-14H,3-6,15-18,24H2,1-2H3;1H. The summed E-state index contributed by atoms with van der Waals surface area (Å²) in [7, 11) is 0. The summed E-state index contributed by atoms with van der Waals surface area (Å²) >= 11 is 0. The Balaban J connectivity index is 0.00000392. The van der Waals surface area contributed by atoms with Crippen molar-refractivity contribution in [2.24, 2.45) is 0 Å². The summed E-state index contributed by atoms with van der Waals surface area (Å²) in [4.78, 5) is 14.7. The van der Waals surface area contributed by atoms with Gasteiger partial charge in [-0.25, -0.2) is 4.79 Å². The molecule has 4 nitrogen and oxygen atoms in total. The maximum absolute atomic E-state index is 12.2. The van der Waals surface area contributed by atoms with Crippen LogP contribution in [-0.2, 0) is 6.42 Å². The van der Waals surface area contributed by atoms with E-state index in [-0.39, 0.29) is 18.4 Å². The van der Waals surface area contributed by atoms with Crippen LogP contribution in [0.25, 0.3) is 0 Å². The van der Waals surface area contributed by atoms with E-state index in [1.807, 2.05) is 24.3 Å². The van der Waals surface area contributed by atoms with Crippen molar-refractivity contribution in [1.29, 1.82) is 0 Å². The molecule has 0 bridgehead atoms. The molecule has 0 aliphatic carbocycles. The number of halogens is 1. The molecule has 0 radical (unpaired) electrons. The lowest BCUT2D eigenvalue weighted by atomic mass is 10.1. The first-order valence-corrected chi connectivity index (χ1v) is 10.0. The number of nitrogens with two attached hydrogens (primary N) is 1. The number of carbonyl (C=O) groups excluding carboxylic acids is 1. The molecule has 0 atom stereocenters. The number of hydrogen-bond donors (Lipinski definition) is 1. The molecule has 0 saturated heterocycles. The minimum Gasteiger partial charge on any atom is -0.423 e. The summed E-state index contributed by atoms with van der Waals surface area (Å²) in [5, 5.41) is 0. The quantitative estimate of drug-likeness (QED) is 0.311. The fraction of sp³-hybridized carbons (Fsp3) is 0.435. The average Bonchev–Trinajstić information content (AvgIpc) is 2.69. The molecule has 2 aromatic rings. The Labute approximate surface area is 175 Å². The maximum atomic E-state index is 12.2. The van der Waals surface area contributed by atoms with E-state index in [0.29, 0.717) is 17.0 Å². The number of benzene rings is 2. The number of anilines is 1. The lowest BCUT2D eigenvalue weighted by Crippen LogP contribution is -2.28. The molecular formula is C23H33ClN2O2. The molecule has 0 aromatic heterocycles. The van der Waals surface area contributed by atoms with Crippen LogP contribution in [0.1, 0.15) is 55.5 Å². The van der Waals surface area contributed by atoms with E-state index in [0.717, 1.165) is 13.0 Å². The Kier molecular flexibility index (Phi) is 11.3. The SMILES string of the molecule is CCCCN(CCCC)CCc1ccc(OC(=O)c2ccc(N)cc2)cc1.Cl. The second-order valence-corrected chi connectivity index (χ2v) is 6.95. The van der Waals surface area contributed by atoms with E-state index in [9.17, 15) is 4.79 Å². The van der Waals surface area contributed by atoms with Crippen LogP contribution in [0.4, 0.5) is 5.69 Å². The predicted octanol–water partition coefficient (Wildman–Crippen LogP) is 5.35. The Morgan fingerprint density at radius 2 is 1.46 bits per heavy atom. The van der Waals surface area contributed by atoms with E-state index < -0.39 is 0 Å². The zero-order valence-corrected chi connectivity index (χ0v) is 17.8. The number of esters is 1. The van der Waals surface area contributed by atoms with Crippen molar-refractivity contribution in [3.05, 3.63) is 59.7 Å². The highest BCUT2D eigenvalue weighted by Crippen LogP contribution is 2.16. The van der Waals surface area contributed by atoms with Gasteiger partial charge in [0.2, 0.25) is 0 Å². The zero-order chi connectivity index (χ0) is 19.5. The van der Waals surface area contributed by atoms with E-state index in [1.54, 1.807) is 24.3 Å². The van der Waals surface area contributed by atoms with Crippen LogP contribution in [-0.4, -0.2) is 30.5 Å². The number of carbonyl (C=O) groups is 1. The lowest BCUT2D eigenvalue weighted by Gasteiger charge is -2.22. The zero-order valence-electron chi connectivity index (χ0n) is 17.0. The average molecular weight is 405 g/mol. The van der Waals surface area contributed by atoms with E-state index in [4.69, 9.17) is 10.5 Å². The molecule has 0 spiro atoms. The molecular weight excluding hydrogens is 372 g/mol. The van der Waals surface area contributed by atoms with Crippen LogP contribution in [0.2, 0.25) is 0 Å². The summed E-state index contributed by atoms with van der Waals surface area (Å²) in [5.41, 5.74) is 8.03. The third kappa shape index (κ3) is 8.32. The van der Waals surface area contributed by atoms with Gasteiger partial charge in [-0.3, -0.25) is 0 Å². The summed E-state index contributed by atoms with van der Waals surface area (Å²) in [6, 6.07) is 14.6. The van der Waals surface area contributed by atoms with Gasteiger partial charge >= 0.3 is 5.97 Å². The minimum absolute atomic E-state index is 0. The van der Waals surface area contributed by atoms with E-state index in [2.05, 4.69) is 18.7 Å². The molecule has 0 aliphatic heterocycles. The Bertz CT molecular complexity index is 679. The monoisotopic (exact) mass is 404 g/mol. The number of nitrogen functional groups attached to an aromatic ring is 1. The Hall–Kier alpha value is -2.04. The Morgan fingerprint density at radius 3 is 2.00 bits per heavy atom. The third-order valence-corrected chi connectivity index (χ3v) is 4.65. The van der Waals surface area contributed by atoms with Crippen LogP contribution in [0.15, 0.2) is 48.5 Å². The van der Waals surface area contributed by atoms with Crippen LogP contribution < -0.4 is 10.5 Å². The summed E-state index contributed by atoms with van der Waals surface area (Å²) in [6.07, 6.45) is 5.99. The fourth-order valence-electron chi connectivity index (χ4n) is 2.90. The van der Waals surface area contributed by atoms with Gasteiger partial charge in [0.25, 0.3) is 0 Å². The van der Waals surface area contributed by atoms with Crippen molar-refractivity contribution in [3.63, 3.8) is 0 Å². The molecule has 0 unspecified atom stereocenters. The van der Waals surface area contributed by atoms with Gasteiger partial charge in [-0.05, 0) is 74.3 Å². The highest BCUT2D eigenvalue weighted by molar-refractivity contribution is 5.91. The van der Waals surface area contributed by atoms with Crippen LogP contribution in [0.3, 0.4) is 0 Å². The van der Waals surface area contributed by atoms with Crippen LogP contribution in [0, 0.1) is 0 Å². The highest BCUT2D eigenvalue weighted by Gasteiger charge is 2.09. The van der Waals surface area contributed by atoms with Crippen molar-refractivity contribution in [2.75, 3.05) is 25.4 Å². The van der Waals surface area contributed by atoms with Crippen molar-refractivity contribution in [1.82, 2.24) is 4.90 Å². The number of nitrogens with zero attached hydrogens (tertiary/aromatic N) is 1. The van der Waals surface area contributed by atoms with Crippen LogP contribution >= 0.6 is 12.4 Å². The molecule has 28 heavy (non-hydrogen) atoms. The number of hydrogen-bond acceptors (Lipinski definition) is 4. The number of rotatable bonds is 11. The third-order valence-electron chi connectivity index (χ3n) is 4.65. The number of unbranched alkanes of at least 4 members (excludes halogenated alkanes) is 2. The van der Waals surface area contributed by atoms with Crippen LogP contribution in [0.5, 0.6) is 5.75 Å². The molecule has 0 saturated carbocycles. The molecule has 2 aromatic carbocycles. The molecule has 2 N–H and O–H groups in total. The highest BCUT2D eigenvalue weighted by atomic mass is 35.5. The molecule has 0 heterocycles. The summed E-state index contributed by atoms with van der Waals surface area (Å²) < 4.78 is 5.44. The van der Waals surface area contributed by atoms with Crippen molar-refractivity contribution in [2.45, 2.75) is 46.0 Å². The topological polar surface area (TPSA) is 55.6 Å². The lowest BCUT2D eigenvalue weighted by molar-refractivity contribution is 0.0735. The number of ether oxygens (including phenoxy) is 1.